The molecule has 21 heavy (non-hydrogen) atoms. The minimum absolute atomic E-state index is 0.375. The molecule has 0 aliphatic heterocycles. The molecule has 0 unspecified atom stereocenters. The van der Waals surface area contributed by atoms with Crippen molar-refractivity contribution in [2.24, 2.45) is 0 Å². The number of ether oxygens (including phenoxy) is 2. The first-order chi connectivity index (χ1) is 9.81. The van der Waals surface area contributed by atoms with Crippen LogP contribution < -0.4 is 4.74 Å². The molecule has 0 fully saturated rings. The summed E-state index contributed by atoms with van der Waals surface area (Å²) < 4.78 is 13.7. The van der Waals surface area contributed by atoms with Gasteiger partial charge in [0.1, 0.15) is 21.3 Å². The van der Waals surface area contributed by atoms with Crippen molar-refractivity contribution in [3.05, 3.63) is 14.9 Å². The second-order valence-electron chi connectivity index (χ2n) is 5.98. The molecule has 0 aliphatic rings. The van der Waals surface area contributed by atoms with Crippen molar-refractivity contribution in [3.8, 4) is 5.75 Å². The Morgan fingerprint density at radius 2 is 2.10 bits per heavy atom. The Balaban J connectivity index is 2.19. The highest BCUT2D eigenvalue weighted by atomic mass is 127. The van der Waals surface area contributed by atoms with Gasteiger partial charge < -0.3 is 9.47 Å². The predicted molar refractivity (Wildman–Crippen MR) is 95.9 cm³/mol. The van der Waals surface area contributed by atoms with Crippen LogP contribution in [0.25, 0.3) is 11.0 Å². The molecule has 5 nitrogen and oxygen atoms in total. The Morgan fingerprint density at radius 3 is 2.71 bits per heavy atom. The lowest BCUT2D eigenvalue weighted by atomic mass is 10.3. The van der Waals surface area contributed by atoms with Gasteiger partial charge in [0.25, 0.3) is 0 Å². The van der Waals surface area contributed by atoms with E-state index >= 15 is 0 Å². The third-order valence-electron chi connectivity index (χ3n) is 3.02. The van der Waals surface area contributed by atoms with Crippen molar-refractivity contribution in [1.29, 1.82) is 0 Å². The average Bonchev–Trinajstić information content (AvgIpc) is 2.69. The molecule has 2 aromatic rings. The Hall–Kier alpha value is -0.383. The minimum Gasteiger partial charge on any atom is -0.496 e. The SMILES string of the molecule is COc1cc(Cl)nc2c1c(I)nn2COCC[Si](C)(C)C. The van der Waals surface area contributed by atoms with E-state index in [-0.39, 0.29) is 0 Å². The molecule has 0 spiro atoms. The number of hydrogen-bond donors (Lipinski definition) is 0. The number of pyridine rings is 1. The quantitative estimate of drug-likeness (QED) is 0.295. The number of fused-ring (bicyclic) bond motifs is 1. The van der Waals surface area contributed by atoms with Gasteiger partial charge in [-0.3, -0.25) is 0 Å². The second-order valence-corrected chi connectivity index (χ2v) is 13.0. The molecule has 2 rings (SSSR count). The number of hydrogen-bond acceptors (Lipinski definition) is 4. The summed E-state index contributed by atoms with van der Waals surface area (Å²) in [4.78, 5) is 4.34. The normalized spacial score (nSPS) is 12.1. The van der Waals surface area contributed by atoms with Gasteiger partial charge in [-0.05, 0) is 28.6 Å². The lowest BCUT2D eigenvalue weighted by Crippen LogP contribution is -2.22. The molecule has 0 saturated carbocycles. The molecule has 116 valence electrons. The monoisotopic (exact) mass is 439 g/mol. The van der Waals surface area contributed by atoms with Gasteiger partial charge in [0.05, 0.1) is 12.5 Å². The molecular formula is C13H19ClIN3O2Si. The van der Waals surface area contributed by atoms with Gasteiger partial charge in [-0.15, -0.1) is 0 Å². The van der Waals surface area contributed by atoms with Gasteiger partial charge >= 0.3 is 0 Å². The fraction of sp³-hybridized carbons (Fsp3) is 0.538. The topological polar surface area (TPSA) is 49.2 Å². The number of rotatable bonds is 6. The van der Waals surface area contributed by atoms with Crippen LogP contribution in [0, 0.1) is 3.70 Å². The molecule has 0 amide bonds. The molecule has 0 atom stereocenters. The van der Waals surface area contributed by atoms with Crippen LogP contribution >= 0.6 is 34.2 Å². The molecule has 0 saturated heterocycles. The van der Waals surface area contributed by atoms with Crippen molar-refractivity contribution >= 4 is 53.3 Å². The van der Waals surface area contributed by atoms with E-state index < -0.39 is 8.07 Å². The first-order valence-corrected chi connectivity index (χ1v) is 11.8. The Labute approximate surface area is 144 Å². The molecule has 2 aromatic heterocycles. The van der Waals surface area contributed by atoms with Gasteiger partial charge in [-0.1, -0.05) is 31.2 Å². The smallest absolute Gasteiger partial charge is 0.166 e. The highest BCUT2D eigenvalue weighted by Crippen LogP contribution is 2.30. The Morgan fingerprint density at radius 1 is 1.38 bits per heavy atom. The summed E-state index contributed by atoms with van der Waals surface area (Å²) in [6, 6.07) is 2.82. The van der Waals surface area contributed by atoms with Gasteiger partial charge in [-0.25, -0.2) is 9.67 Å². The van der Waals surface area contributed by atoms with Crippen molar-refractivity contribution in [3.63, 3.8) is 0 Å². The maximum Gasteiger partial charge on any atom is 0.166 e. The minimum atomic E-state index is -1.08. The maximum atomic E-state index is 6.04. The van der Waals surface area contributed by atoms with Crippen LogP contribution in [0.5, 0.6) is 5.75 Å². The highest BCUT2D eigenvalue weighted by Gasteiger charge is 2.17. The van der Waals surface area contributed by atoms with Gasteiger partial charge in [-0.2, -0.15) is 5.10 Å². The van der Waals surface area contributed by atoms with Crippen LogP contribution in [0.3, 0.4) is 0 Å². The largest absolute Gasteiger partial charge is 0.496 e. The fourth-order valence-electron chi connectivity index (χ4n) is 1.84. The predicted octanol–water partition coefficient (Wildman–Crippen LogP) is 4.01. The zero-order valence-corrected chi connectivity index (χ0v) is 16.5. The van der Waals surface area contributed by atoms with Crippen LogP contribution in [0.2, 0.25) is 30.8 Å². The number of aromatic nitrogens is 3. The molecule has 0 radical (unpaired) electrons. The van der Waals surface area contributed by atoms with Crippen LogP contribution in [0.4, 0.5) is 0 Å². The zero-order valence-electron chi connectivity index (χ0n) is 12.6. The lowest BCUT2D eigenvalue weighted by Gasteiger charge is -2.15. The van der Waals surface area contributed by atoms with Crippen LogP contribution in [0.15, 0.2) is 6.07 Å². The first kappa shape index (κ1) is 17.0. The third kappa shape index (κ3) is 4.30. The van der Waals surface area contributed by atoms with Gasteiger partial charge in [0, 0.05) is 20.7 Å². The summed E-state index contributed by atoms with van der Waals surface area (Å²) in [6.45, 7) is 8.10. The number of halogens is 2. The van der Waals surface area contributed by atoms with Gasteiger partial charge in [0.2, 0.25) is 0 Å². The molecule has 0 aliphatic carbocycles. The van der Waals surface area contributed by atoms with Crippen LogP contribution in [0.1, 0.15) is 0 Å². The van der Waals surface area contributed by atoms with E-state index in [1.54, 1.807) is 17.9 Å². The van der Waals surface area contributed by atoms with E-state index in [1.807, 2.05) is 0 Å². The average molecular weight is 440 g/mol. The van der Waals surface area contributed by atoms with E-state index in [0.29, 0.717) is 23.3 Å². The molecular weight excluding hydrogens is 421 g/mol. The summed E-state index contributed by atoms with van der Waals surface area (Å²) in [5.41, 5.74) is 0.691. The molecule has 8 heteroatoms. The molecule has 0 N–H and O–H groups in total. The summed E-state index contributed by atoms with van der Waals surface area (Å²) >= 11 is 8.20. The number of nitrogens with zero attached hydrogens (tertiary/aromatic N) is 3. The van der Waals surface area contributed by atoms with Crippen molar-refractivity contribution in [2.45, 2.75) is 32.4 Å². The summed E-state index contributed by atoms with van der Waals surface area (Å²) in [5, 5.41) is 5.72. The molecule has 0 aromatic carbocycles. The lowest BCUT2D eigenvalue weighted by molar-refractivity contribution is 0.0810. The van der Waals surface area contributed by atoms with Crippen LogP contribution in [-0.2, 0) is 11.5 Å². The fourth-order valence-corrected chi connectivity index (χ4v) is 3.55. The third-order valence-corrected chi connectivity index (χ3v) is 5.67. The van der Waals surface area contributed by atoms with E-state index in [0.717, 1.165) is 21.7 Å². The molecule has 2 heterocycles. The van der Waals surface area contributed by atoms with E-state index in [1.165, 1.54) is 0 Å². The van der Waals surface area contributed by atoms with Gasteiger partial charge in [0.15, 0.2) is 5.65 Å². The maximum absolute atomic E-state index is 6.04. The summed E-state index contributed by atoms with van der Waals surface area (Å²) in [6.07, 6.45) is 0. The zero-order chi connectivity index (χ0) is 15.6. The molecule has 0 bridgehead atoms. The summed E-state index contributed by atoms with van der Waals surface area (Å²) in [7, 11) is 0.534. The first-order valence-electron chi connectivity index (χ1n) is 6.66. The van der Waals surface area contributed by atoms with E-state index in [9.17, 15) is 0 Å². The van der Waals surface area contributed by atoms with Crippen molar-refractivity contribution < 1.29 is 9.47 Å². The Bertz CT molecular complexity index is 642. The highest BCUT2D eigenvalue weighted by molar-refractivity contribution is 14.1. The van der Waals surface area contributed by atoms with E-state index in [4.69, 9.17) is 21.1 Å². The second kappa shape index (κ2) is 6.80. The van der Waals surface area contributed by atoms with E-state index in [2.05, 4.69) is 52.3 Å². The number of methoxy groups -OCH3 is 1. The Kier molecular flexibility index (Phi) is 5.50. The van der Waals surface area contributed by atoms with Crippen molar-refractivity contribution in [2.75, 3.05) is 13.7 Å². The van der Waals surface area contributed by atoms with Crippen LogP contribution in [-0.4, -0.2) is 36.6 Å². The summed E-state index contributed by atoms with van der Waals surface area (Å²) in [5.74, 6) is 0.683. The standard InChI is InChI=1S/C13H19ClIN3O2Si/c1-19-9-7-10(14)16-13-11(9)12(15)17-18(13)8-20-5-6-21(2,3)4/h7H,5-6,8H2,1-4H3. The van der Waals surface area contributed by atoms with Crippen molar-refractivity contribution in [1.82, 2.24) is 14.8 Å².